The molecule has 0 rings (SSSR count). The molecule has 3 amide bonds. The lowest BCUT2D eigenvalue weighted by atomic mass is 10.1. The van der Waals surface area contributed by atoms with Gasteiger partial charge in [0, 0.05) is 12.3 Å². The van der Waals surface area contributed by atoms with Gasteiger partial charge in [-0.1, -0.05) is 0 Å². The average molecular weight is 496 g/mol. The molecular weight excluding hydrogens is 462 g/mol. The van der Waals surface area contributed by atoms with Gasteiger partial charge in [0.25, 0.3) is 0 Å². The van der Waals surface area contributed by atoms with E-state index in [1.807, 2.05) is 0 Å². The number of aliphatic hydroxyl groups excluding tert-OH is 1. The van der Waals surface area contributed by atoms with Crippen molar-refractivity contribution in [3.63, 3.8) is 0 Å². The number of carboxylic acids is 1. The summed E-state index contributed by atoms with van der Waals surface area (Å²) in [5.41, 5.74) is 16.3. The first-order valence-electron chi connectivity index (χ1n) is 9.72. The van der Waals surface area contributed by atoms with Crippen molar-refractivity contribution in [1.29, 1.82) is 0 Å². The number of hydrogen-bond donors (Lipinski definition) is 9. The molecule has 4 atom stereocenters. The van der Waals surface area contributed by atoms with E-state index in [1.54, 1.807) is 6.26 Å². The largest absolute Gasteiger partial charge is 0.480 e. The van der Waals surface area contributed by atoms with Crippen molar-refractivity contribution in [3.8, 4) is 0 Å². The van der Waals surface area contributed by atoms with Crippen molar-refractivity contribution in [2.24, 2.45) is 22.2 Å². The molecular formula is C17H33N7O6S2. The number of rotatable bonds is 16. The Hall–Kier alpha value is -2.23. The number of nitrogens with two attached hydrogens (primary N) is 3. The second-order valence-corrected chi connectivity index (χ2v) is 8.07. The van der Waals surface area contributed by atoms with E-state index in [-0.39, 0.29) is 24.6 Å². The van der Waals surface area contributed by atoms with Crippen LogP contribution in [0, 0.1) is 0 Å². The van der Waals surface area contributed by atoms with Gasteiger partial charge in [0.1, 0.15) is 18.1 Å². The van der Waals surface area contributed by atoms with Gasteiger partial charge in [-0.2, -0.15) is 24.4 Å². The molecule has 11 N–H and O–H groups in total. The van der Waals surface area contributed by atoms with Gasteiger partial charge in [-0.05, 0) is 31.3 Å². The molecule has 0 bridgehead atoms. The van der Waals surface area contributed by atoms with E-state index < -0.39 is 54.5 Å². The first kappa shape index (κ1) is 29.8. The minimum atomic E-state index is -1.51. The summed E-state index contributed by atoms with van der Waals surface area (Å²) in [7, 11) is 0. The monoisotopic (exact) mass is 495 g/mol. The van der Waals surface area contributed by atoms with E-state index in [9.17, 15) is 19.2 Å². The predicted molar refractivity (Wildman–Crippen MR) is 125 cm³/mol. The van der Waals surface area contributed by atoms with Gasteiger partial charge in [-0.25, -0.2) is 4.79 Å². The molecule has 0 radical (unpaired) electrons. The van der Waals surface area contributed by atoms with Crippen molar-refractivity contribution in [1.82, 2.24) is 16.0 Å². The van der Waals surface area contributed by atoms with Crippen LogP contribution in [0.2, 0.25) is 0 Å². The molecule has 32 heavy (non-hydrogen) atoms. The molecule has 0 heterocycles. The average Bonchev–Trinajstić information content (AvgIpc) is 2.74. The molecule has 13 nitrogen and oxygen atoms in total. The van der Waals surface area contributed by atoms with Gasteiger partial charge in [0.05, 0.1) is 12.6 Å². The fraction of sp³-hybridized carbons (Fsp3) is 0.706. The molecule has 0 saturated heterocycles. The number of thiol groups is 1. The smallest absolute Gasteiger partial charge is 0.328 e. The quantitative estimate of drug-likeness (QED) is 0.0445. The van der Waals surface area contributed by atoms with Gasteiger partial charge in [-0.3, -0.25) is 19.4 Å². The second kappa shape index (κ2) is 16.4. The number of nitrogens with one attached hydrogen (secondary N) is 3. The maximum absolute atomic E-state index is 12.6. The van der Waals surface area contributed by atoms with Crippen LogP contribution in [-0.4, -0.2) is 94.9 Å². The Morgan fingerprint density at radius 3 is 2.06 bits per heavy atom. The molecule has 0 spiro atoms. The number of guanidine groups is 1. The summed E-state index contributed by atoms with van der Waals surface area (Å²) >= 11 is 5.49. The van der Waals surface area contributed by atoms with Crippen LogP contribution in [0.5, 0.6) is 0 Å². The van der Waals surface area contributed by atoms with Crippen molar-refractivity contribution in [2.75, 3.05) is 30.9 Å². The number of aliphatic carboxylic acids is 1. The third-order valence-corrected chi connectivity index (χ3v) is 5.17. The summed E-state index contributed by atoms with van der Waals surface area (Å²) in [6.07, 6.45) is 2.74. The van der Waals surface area contributed by atoms with Gasteiger partial charge < -0.3 is 43.4 Å². The Morgan fingerprint density at radius 1 is 1.00 bits per heavy atom. The molecule has 0 aliphatic heterocycles. The number of aliphatic hydroxyl groups is 1. The molecule has 0 aliphatic carbocycles. The zero-order chi connectivity index (χ0) is 24.7. The normalized spacial score (nSPS) is 14.4. The van der Waals surface area contributed by atoms with Crippen molar-refractivity contribution < 1.29 is 29.4 Å². The zero-order valence-corrected chi connectivity index (χ0v) is 19.5. The molecule has 0 aliphatic rings. The summed E-state index contributed by atoms with van der Waals surface area (Å²) in [5.74, 6) is -3.08. The molecule has 184 valence electrons. The number of amides is 3. The first-order chi connectivity index (χ1) is 15.1. The van der Waals surface area contributed by atoms with E-state index in [1.165, 1.54) is 11.8 Å². The van der Waals surface area contributed by atoms with Crippen LogP contribution in [0.25, 0.3) is 0 Å². The van der Waals surface area contributed by atoms with Crippen LogP contribution in [0.1, 0.15) is 19.3 Å². The lowest BCUT2D eigenvalue weighted by Gasteiger charge is -2.24. The van der Waals surface area contributed by atoms with Gasteiger partial charge in [-0.15, -0.1) is 0 Å². The summed E-state index contributed by atoms with van der Waals surface area (Å²) in [4.78, 5) is 52.2. The minimum absolute atomic E-state index is 0.0659. The maximum Gasteiger partial charge on any atom is 0.328 e. The first-order valence-corrected chi connectivity index (χ1v) is 11.8. The fourth-order valence-electron chi connectivity index (χ4n) is 2.36. The van der Waals surface area contributed by atoms with E-state index in [0.717, 1.165) is 0 Å². The standard InChI is InChI=1S/C17H33N7O6S2/c1-32-6-4-10(14(27)23-11(7-25)16(29)30)22-15(28)12(8-31)24-13(26)9(18)3-2-5-21-17(19)20/h9-12,25,31H,2-8,18H2,1H3,(H,22,28)(H,23,27)(H,24,26)(H,29,30)(H4,19,20,21). The Balaban J connectivity index is 4.99. The van der Waals surface area contributed by atoms with Crippen LogP contribution in [0.3, 0.4) is 0 Å². The minimum Gasteiger partial charge on any atom is -0.480 e. The van der Waals surface area contributed by atoms with Crippen LogP contribution in [0.15, 0.2) is 4.99 Å². The van der Waals surface area contributed by atoms with Gasteiger partial charge in [0.15, 0.2) is 5.96 Å². The Kier molecular flexibility index (Phi) is 15.3. The number of nitrogens with zero attached hydrogens (tertiary/aromatic N) is 1. The number of carbonyl (C=O) groups is 4. The third-order valence-electron chi connectivity index (χ3n) is 4.16. The summed E-state index contributed by atoms with van der Waals surface area (Å²) in [6.45, 7) is -0.502. The van der Waals surface area contributed by atoms with Crippen molar-refractivity contribution in [3.05, 3.63) is 0 Å². The summed E-state index contributed by atoms with van der Waals surface area (Å²) in [5, 5.41) is 25.2. The van der Waals surface area contributed by atoms with E-state index in [0.29, 0.717) is 18.7 Å². The lowest BCUT2D eigenvalue weighted by Crippen LogP contribution is -2.58. The van der Waals surface area contributed by atoms with E-state index >= 15 is 0 Å². The second-order valence-electron chi connectivity index (χ2n) is 6.72. The van der Waals surface area contributed by atoms with Gasteiger partial charge >= 0.3 is 5.97 Å². The highest BCUT2D eigenvalue weighted by Gasteiger charge is 2.29. The fourth-order valence-corrected chi connectivity index (χ4v) is 3.09. The molecule has 15 heteroatoms. The SMILES string of the molecule is CSCCC(NC(=O)C(CS)NC(=O)C(N)CCCN=C(N)N)C(=O)NC(CO)C(=O)O. The summed E-state index contributed by atoms with van der Waals surface area (Å²) in [6, 6.07) is -4.56. The number of hydrogen-bond acceptors (Lipinski definition) is 9. The Bertz CT molecular complexity index is 663. The topological polar surface area (TPSA) is 235 Å². The molecule has 0 aromatic rings. The highest BCUT2D eigenvalue weighted by atomic mass is 32.2. The summed E-state index contributed by atoms with van der Waals surface area (Å²) < 4.78 is 0. The predicted octanol–water partition coefficient (Wildman–Crippen LogP) is -3.42. The number of carbonyl (C=O) groups excluding carboxylic acids is 3. The Labute approximate surface area is 196 Å². The molecule has 4 unspecified atom stereocenters. The number of aliphatic imine (C=N–C) groups is 1. The molecule has 0 saturated carbocycles. The maximum atomic E-state index is 12.6. The highest BCUT2D eigenvalue weighted by Crippen LogP contribution is 2.04. The van der Waals surface area contributed by atoms with Crippen LogP contribution in [0.4, 0.5) is 0 Å². The molecule has 0 aromatic heterocycles. The highest BCUT2D eigenvalue weighted by molar-refractivity contribution is 7.98. The van der Waals surface area contributed by atoms with E-state index in [2.05, 4.69) is 33.6 Å². The van der Waals surface area contributed by atoms with Crippen LogP contribution in [-0.2, 0) is 19.2 Å². The van der Waals surface area contributed by atoms with Crippen LogP contribution < -0.4 is 33.2 Å². The molecule has 0 fully saturated rings. The zero-order valence-electron chi connectivity index (χ0n) is 17.8. The van der Waals surface area contributed by atoms with Crippen molar-refractivity contribution in [2.45, 2.75) is 43.4 Å². The third kappa shape index (κ3) is 12.0. The molecule has 0 aromatic carbocycles. The van der Waals surface area contributed by atoms with Crippen molar-refractivity contribution >= 4 is 54.0 Å². The van der Waals surface area contributed by atoms with Crippen LogP contribution >= 0.6 is 24.4 Å². The van der Waals surface area contributed by atoms with E-state index in [4.69, 9.17) is 27.4 Å². The van der Waals surface area contributed by atoms with Gasteiger partial charge in [0.2, 0.25) is 17.7 Å². The number of carboxylic acid groups (broad SMARTS) is 1. The number of thioether (sulfide) groups is 1. The Morgan fingerprint density at radius 2 is 1.56 bits per heavy atom. The lowest BCUT2D eigenvalue weighted by molar-refractivity contribution is -0.143.